The van der Waals surface area contributed by atoms with Gasteiger partial charge in [0.25, 0.3) is 5.91 Å². The number of nitrogens with one attached hydrogen (secondary N) is 1. The molecule has 0 heterocycles. The summed E-state index contributed by atoms with van der Waals surface area (Å²) in [7, 11) is 0. The first-order chi connectivity index (χ1) is 9.88. The van der Waals surface area contributed by atoms with Crippen LogP contribution in [0.3, 0.4) is 0 Å². The maximum atomic E-state index is 12.1. The fourth-order valence-electron chi connectivity index (χ4n) is 2.71. The van der Waals surface area contributed by atoms with E-state index in [2.05, 4.69) is 5.32 Å². The van der Waals surface area contributed by atoms with Gasteiger partial charge in [0.1, 0.15) is 0 Å². The van der Waals surface area contributed by atoms with Gasteiger partial charge in [0.15, 0.2) is 6.61 Å². The van der Waals surface area contributed by atoms with Gasteiger partial charge in [0.2, 0.25) is 0 Å². The minimum atomic E-state index is -0.431. The van der Waals surface area contributed by atoms with E-state index in [9.17, 15) is 9.59 Å². The Morgan fingerprint density at radius 3 is 2.33 bits per heavy atom. The molecule has 0 unspecified atom stereocenters. The van der Waals surface area contributed by atoms with Crippen molar-refractivity contribution < 1.29 is 14.3 Å². The zero-order valence-corrected chi connectivity index (χ0v) is 13.2. The van der Waals surface area contributed by atoms with E-state index in [1.54, 1.807) is 0 Å². The molecule has 1 aromatic carbocycles. The first-order valence-electron chi connectivity index (χ1n) is 7.43. The van der Waals surface area contributed by atoms with E-state index < -0.39 is 5.97 Å². The molecule has 1 aromatic rings. The van der Waals surface area contributed by atoms with Gasteiger partial charge in [-0.3, -0.25) is 4.79 Å². The minimum absolute atomic E-state index is 0.166. The van der Waals surface area contributed by atoms with Crippen molar-refractivity contribution >= 4 is 11.9 Å². The summed E-state index contributed by atoms with van der Waals surface area (Å²) in [6, 6.07) is 4.05. The topological polar surface area (TPSA) is 55.4 Å². The normalized spacial score (nSPS) is 15.4. The SMILES string of the molecule is Cc1cc(C)c(C(=O)OCC(=O)N[C@H](C)C2CC2)c(C)c1. The fraction of sp³-hybridized carbons (Fsp3) is 0.529. The predicted molar refractivity (Wildman–Crippen MR) is 81.3 cm³/mol. The average molecular weight is 289 g/mol. The molecule has 114 valence electrons. The summed E-state index contributed by atoms with van der Waals surface area (Å²) in [6.07, 6.45) is 2.34. The smallest absolute Gasteiger partial charge is 0.339 e. The van der Waals surface area contributed by atoms with Crippen molar-refractivity contribution in [2.45, 2.75) is 46.6 Å². The second-order valence-corrected chi connectivity index (χ2v) is 6.04. The van der Waals surface area contributed by atoms with Gasteiger partial charge in [-0.15, -0.1) is 0 Å². The second kappa shape index (κ2) is 6.29. The van der Waals surface area contributed by atoms with Crippen molar-refractivity contribution in [3.05, 3.63) is 34.4 Å². The Balaban J connectivity index is 1.91. The third-order valence-corrected chi connectivity index (χ3v) is 3.93. The van der Waals surface area contributed by atoms with Crippen molar-refractivity contribution in [1.29, 1.82) is 0 Å². The van der Waals surface area contributed by atoms with Crippen molar-refractivity contribution in [3.63, 3.8) is 0 Å². The van der Waals surface area contributed by atoms with Gasteiger partial charge in [0, 0.05) is 6.04 Å². The number of carbonyl (C=O) groups is 2. The molecule has 0 aliphatic heterocycles. The molecule has 1 fully saturated rings. The van der Waals surface area contributed by atoms with Gasteiger partial charge in [-0.05, 0) is 57.6 Å². The Labute approximate surface area is 125 Å². The summed E-state index contributed by atoms with van der Waals surface area (Å²) < 4.78 is 5.14. The van der Waals surface area contributed by atoms with Crippen LogP contribution in [0.4, 0.5) is 0 Å². The number of hydrogen-bond acceptors (Lipinski definition) is 3. The van der Waals surface area contributed by atoms with Gasteiger partial charge in [-0.1, -0.05) is 17.7 Å². The summed E-state index contributed by atoms with van der Waals surface area (Å²) in [5.74, 6) is -0.0735. The van der Waals surface area contributed by atoms with Crippen molar-refractivity contribution in [3.8, 4) is 0 Å². The van der Waals surface area contributed by atoms with E-state index >= 15 is 0 Å². The number of aryl methyl sites for hydroxylation is 3. The predicted octanol–water partition coefficient (Wildman–Crippen LogP) is 2.68. The Morgan fingerprint density at radius 1 is 1.24 bits per heavy atom. The summed E-state index contributed by atoms with van der Waals surface area (Å²) in [5.41, 5.74) is 3.43. The number of hydrogen-bond donors (Lipinski definition) is 1. The quantitative estimate of drug-likeness (QED) is 0.848. The molecule has 1 saturated carbocycles. The van der Waals surface area contributed by atoms with Crippen LogP contribution in [-0.4, -0.2) is 24.5 Å². The highest BCUT2D eigenvalue weighted by Crippen LogP contribution is 2.32. The monoisotopic (exact) mass is 289 g/mol. The molecule has 1 atom stereocenters. The summed E-state index contributed by atoms with van der Waals surface area (Å²) >= 11 is 0. The molecule has 4 heteroatoms. The van der Waals surface area contributed by atoms with E-state index in [4.69, 9.17) is 4.74 Å². The van der Waals surface area contributed by atoms with Crippen LogP contribution in [0, 0.1) is 26.7 Å². The van der Waals surface area contributed by atoms with Crippen LogP contribution in [-0.2, 0) is 9.53 Å². The molecule has 0 saturated heterocycles. The lowest BCUT2D eigenvalue weighted by atomic mass is 10.00. The van der Waals surface area contributed by atoms with Gasteiger partial charge in [-0.2, -0.15) is 0 Å². The number of amides is 1. The highest BCUT2D eigenvalue weighted by Gasteiger charge is 2.29. The fourth-order valence-corrected chi connectivity index (χ4v) is 2.71. The van der Waals surface area contributed by atoms with Crippen molar-refractivity contribution in [2.24, 2.45) is 5.92 Å². The standard InChI is InChI=1S/C17H23NO3/c1-10-7-11(2)16(12(3)8-10)17(20)21-9-15(19)18-13(4)14-5-6-14/h7-8,13-14H,5-6,9H2,1-4H3,(H,18,19)/t13-/m1/s1. The molecular formula is C17H23NO3. The average Bonchev–Trinajstić information content (AvgIpc) is 3.19. The van der Waals surface area contributed by atoms with E-state index in [1.807, 2.05) is 39.8 Å². The number of ether oxygens (including phenoxy) is 1. The van der Waals surface area contributed by atoms with Crippen LogP contribution in [0.2, 0.25) is 0 Å². The first-order valence-corrected chi connectivity index (χ1v) is 7.43. The molecule has 1 aliphatic carbocycles. The lowest BCUT2D eigenvalue weighted by Crippen LogP contribution is -2.37. The summed E-state index contributed by atoms with van der Waals surface area (Å²) in [6.45, 7) is 7.52. The van der Waals surface area contributed by atoms with Gasteiger partial charge in [0.05, 0.1) is 5.56 Å². The third kappa shape index (κ3) is 4.06. The Hall–Kier alpha value is -1.84. The highest BCUT2D eigenvalue weighted by atomic mass is 16.5. The minimum Gasteiger partial charge on any atom is -0.452 e. The van der Waals surface area contributed by atoms with Gasteiger partial charge >= 0.3 is 5.97 Å². The van der Waals surface area contributed by atoms with E-state index in [-0.39, 0.29) is 18.6 Å². The van der Waals surface area contributed by atoms with Crippen LogP contribution < -0.4 is 5.32 Å². The van der Waals surface area contributed by atoms with E-state index in [0.29, 0.717) is 11.5 Å². The number of benzene rings is 1. The van der Waals surface area contributed by atoms with Gasteiger partial charge in [-0.25, -0.2) is 4.79 Å². The zero-order chi connectivity index (χ0) is 15.6. The molecular weight excluding hydrogens is 266 g/mol. The van der Waals surface area contributed by atoms with Crippen molar-refractivity contribution in [2.75, 3.05) is 6.61 Å². The Bertz CT molecular complexity index is 538. The first kappa shape index (κ1) is 15.5. The highest BCUT2D eigenvalue weighted by molar-refractivity contribution is 5.94. The molecule has 0 radical (unpaired) electrons. The lowest BCUT2D eigenvalue weighted by molar-refractivity contribution is -0.125. The molecule has 4 nitrogen and oxygen atoms in total. The maximum absolute atomic E-state index is 12.1. The molecule has 0 spiro atoms. The van der Waals surface area contributed by atoms with Crippen LogP contribution >= 0.6 is 0 Å². The number of rotatable bonds is 5. The molecule has 1 N–H and O–H groups in total. The summed E-state index contributed by atoms with van der Waals surface area (Å²) in [4.78, 5) is 23.9. The molecule has 1 amide bonds. The number of carbonyl (C=O) groups excluding carboxylic acids is 2. The molecule has 21 heavy (non-hydrogen) atoms. The van der Waals surface area contributed by atoms with Crippen LogP contribution in [0.5, 0.6) is 0 Å². The Kier molecular flexibility index (Phi) is 4.66. The molecule has 1 aliphatic rings. The maximum Gasteiger partial charge on any atom is 0.339 e. The summed E-state index contributed by atoms with van der Waals surface area (Å²) in [5, 5.41) is 2.87. The van der Waals surface area contributed by atoms with E-state index in [1.165, 1.54) is 12.8 Å². The van der Waals surface area contributed by atoms with Crippen LogP contribution in [0.1, 0.15) is 46.8 Å². The van der Waals surface area contributed by atoms with Gasteiger partial charge < -0.3 is 10.1 Å². The van der Waals surface area contributed by atoms with Crippen LogP contribution in [0.25, 0.3) is 0 Å². The van der Waals surface area contributed by atoms with Crippen LogP contribution in [0.15, 0.2) is 12.1 Å². The lowest BCUT2D eigenvalue weighted by Gasteiger charge is -2.14. The third-order valence-electron chi connectivity index (χ3n) is 3.93. The zero-order valence-electron chi connectivity index (χ0n) is 13.2. The molecule has 2 rings (SSSR count). The number of esters is 1. The molecule has 0 aromatic heterocycles. The molecule has 0 bridgehead atoms. The van der Waals surface area contributed by atoms with E-state index in [0.717, 1.165) is 16.7 Å². The second-order valence-electron chi connectivity index (χ2n) is 6.04. The van der Waals surface area contributed by atoms with Crippen molar-refractivity contribution in [1.82, 2.24) is 5.32 Å². The Morgan fingerprint density at radius 2 is 1.81 bits per heavy atom. The largest absolute Gasteiger partial charge is 0.452 e.